The number of methoxy groups -OCH3 is 1. The van der Waals surface area contributed by atoms with Gasteiger partial charge in [-0.25, -0.2) is 14.8 Å². The van der Waals surface area contributed by atoms with Crippen LogP contribution in [-0.4, -0.2) is 23.0 Å². The Hall–Kier alpha value is -1.65. The molecule has 0 amide bonds. The molecule has 0 saturated heterocycles. The molecule has 2 N–H and O–H groups in total. The predicted molar refractivity (Wildman–Crippen MR) is 49.1 cm³/mol. The van der Waals surface area contributed by atoms with Crippen LogP contribution >= 0.6 is 0 Å². The van der Waals surface area contributed by atoms with Gasteiger partial charge in [0.05, 0.1) is 7.11 Å². The number of ether oxygens (including phenoxy) is 1. The molecule has 5 heteroatoms. The fourth-order valence-electron chi connectivity index (χ4n) is 0.603. The van der Waals surface area contributed by atoms with Gasteiger partial charge in [-0.2, -0.15) is 0 Å². The monoisotopic (exact) mass is 183 g/mol. The van der Waals surface area contributed by atoms with E-state index in [2.05, 4.69) is 14.7 Å². The quantitative estimate of drug-likeness (QED) is 0.653. The van der Waals surface area contributed by atoms with E-state index in [4.69, 9.17) is 5.73 Å². The zero-order valence-corrected chi connectivity index (χ0v) is 7.94. The predicted octanol–water partition coefficient (Wildman–Crippen LogP) is 0.872. The molecule has 1 aromatic heterocycles. The number of hydrogen-bond donors (Lipinski definition) is 1. The minimum absolute atomic E-state index is 0.0509. The number of aromatic nitrogens is 2. The third-order valence-electron chi connectivity index (χ3n) is 1.11. The van der Waals surface area contributed by atoms with Crippen LogP contribution in [0.25, 0.3) is 0 Å². The molecule has 5 nitrogen and oxygen atoms in total. The summed E-state index contributed by atoms with van der Waals surface area (Å²) in [6.07, 6.45) is 2.78. The summed E-state index contributed by atoms with van der Waals surface area (Å²) in [5.41, 5.74) is 5.37. The summed E-state index contributed by atoms with van der Waals surface area (Å²) in [5, 5.41) is 0. The van der Waals surface area contributed by atoms with Crippen molar-refractivity contribution in [3.63, 3.8) is 0 Å². The molecule has 1 aromatic rings. The first-order valence-electron chi connectivity index (χ1n) is 3.90. The second kappa shape index (κ2) is 5.93. The van der Waals surface area contributed by atoms with E-state index in [9.17, 15) is 4.79 Å². The van der Waals surface area contributed by atoms with Crippen LogP contribution in [-0.2, 0) is 4.74 Å². The van der Waals surface area contributed by atoms with E-state index < -0.39 is 5.97 Å². The van der Waals surface area contributed by atoms with Crippen molar-refractivity contribution in [3.05, 3.63) is 18.1 Å². The number of carbonyl (C=O) groups excluding carboxylic acids is 1. The van der Waals surface area contributed by atoms with E-state index in [1.54, 1.807) is 0 Å². The van der Waals surface area contributed by atoms with Crippen LogP contribution in [0, 0.1) is 0 Å². The van der Waals surface area contributed by atoms with Crippen LogP contribution in [0.5, 0.6) is 0 Å². The molecule has 0 aliphatic rings. The lowest BCUT2D eigenvalue weighted by molar-refractivity contribution is 0.0595. The second-order valence-corrected chi connectivity index (χ2v) is 1.78. The van der Waals surface area contributed by atoms with Gasteiger partial charge in [-0.1, -0.05) is 13.8 Å². The molecule has 0 bridgehead atoms. The molecule has 0 spiro atoms. The van der Waals surface area contributed by atoms with Crippen molar-refractivity contribution < 1.29 is 9.53 Å². The Bertz CT molecular complexity index is 276. The second-order valence-electron chi connectivity index (χ2n) is 1.78. The van der Waals surface area contributed by atoms with Gasteiger partial charge in [0.15, 0.2) is 11.5 Å². The van der Waals surface area contributed by atoms with E-state index >= 15 is 0 Å². The molecule has 13 heavy (non-hydrogen) atoms. The lowest BCUT2D eigenvalue weighted by Gasteiger charge is -1.98. The van der Waals surface area contributed by atoms with Crippen LogP contribution in [0.1, 0.15) is 24.3 Å². The molecule has 0 fully saturated rings. The van der Waals surface area contributed by atoms with Crippen molar-refractivity contribution in [1.29, 1.82) is 0 Å². The van der Waals surface area contributed by atoms with Crippen LogP contribution < -0.4 is 5.73 Å². The first kappa shape index (κ1) is 11.4. The number of rotatable bonds is 1. The fraction of sp³-hybridized carbons (Fsp3) is 0.375. The summed E-state index contributed by atoms with van der Waals surface area (Å²) < 4.78 is 4.40. The zero-order valence-electron chi connectivity index (χ0n) is 7.94. The van der Waals surface area contributed by atoms with Crippen LogP contribution in [0.4, 0.5) is 5.82 Å². The van der Waals surface area contributed by atoms with Gasteiger partial charge in [0, 0.05) is 12.4 Å². The minimum Gasteiger partial charge on any atom is -0.464 e. The van der Waals surface area contributed by atoms with Gasteiger partial charge in [0.1, 0.15) is 0 Å². The molecule has 1 rings (SSSR count). The Balaban J connectivity index is 0.000000671. The van der Waals surface area contributed by atoms with E-state index in [0.717, 1.165) is 0 Å². The van der Waals surface area contributed by atoms with Crippen molar-refractivity contribution in [2.45, 2.75) is 13.8 Å². The average Bonchev–Trinajstić information content (AvgIpc) is 2.20. The first-order chi connectivity index (χ1) is 6.25. The number of esters is 1. The minimum atomic E-state index is -0.574. The van der Waals surface area contributed by atoms with Gasteiger partial charge in [0.2, 0.25) is 0 Å². The third kappa shape index (κ3) is 3.06. The molecule has 1 heterocycles. The highest BCUT2D eigenvalue weighted by atomic mass is 16.5. The van der Waals surface area contributed by atoms with Gasteiger partial charge < -0.3 is 10.5 Å². The summed E-state index contributed by atoms with van der Waals surface area (Å²) in [6, 6.07) is 0. The molecule has 0 saturated carbocycles. The third-order valence-corrected chi connectivity index (χ3v) is 1.11. The van der Waals surface area contributed by atoms with Crippen LogP contribution in [0.3, 0.4) is 0 Å². The molecule has 0 aliphatic carbocycles. The number of nitrogens with zero attached hydrogens (tertiary/aromatic N) is 2. The maximum absolute atomic E-state index is 10.8. The van der Waals surface area contributed by atoms with E-state index in [1.165, 1.54) is 19.5 Å². The summed E-state index contributed by atoms with van der Waals surface area (Å²) in [5.74, 6) is -0.491. The molecular weight excluding hydrogens is 170 g/mol. The van der Waals surface area contributed by atoms with Gasteiger partial charge >= 0.3 is 5.97 Å². The number of nitrogens with two attached hydrogens (primary N) is 1. The highest BCUT2D eigenvalue weighted by Crippen LogP contribution is 2.03. The molecular formula is C8H13N3O2. The highest BCUT2D eigenvalue weighted by Gasteiger charge is 2.10. The number of carbonyl (C=O) groups is 1. The zero-order chi connectivity index (χ0) is 10.3. The van der Waals surface area contributed by atoms with E-state index in [-0.39, 0.29) is 11.5 Å². The Morgan fingerprint density at radius 3 is 2.38 bits per heavy atom. The molecule has 0 aromatic carbocycles. The van der Waals surface area contributed by atoms with E-state index in [0.29, 0.717) is 0 Å². The number of hydrogen-bond acceptors (Lipinski definition) is 5. The summed E-state index contributed by atoms with van der Waals surface area (Å²) in [6.45, 7) is 4.00. The SMILES string of the molecule is CC.COC(=O)c1nccnc1N. The van der Waals surface area contributed by atoms with Crippen molar-refractivity contribution in [2.24, 2.45) is 0 Å². The standard InChI is InChI=1S/C6H7N3O2.C2H6/c1-11-6(10)4-5(7)9-3-2-8-4;1-2/h2-3H,1H3,(H2,7,9);1-2H3. The highest BCUT2D eigenvalue weighted by molar-refractivity contribution is 5.91. The first-order valence-corrected chi connectivity index (χ1v) is 3.90. The van der Waals surface area contributed by atoms with Crippen molar-refractivity contribution in [3.8, 4) is 0 Å². The number of anilines is 1. The molecule has 0 unspecified atom stereocenters. The van der Waals surface area contributed by atoms with Gasteiger partial charge in [-0.05, 0) is 0 Å². The van der Waals surface area contributed by atoms with Gasteiger partial charge in [-0.3, -0.25) is 0 Å². The smallest absolute Gasteiger partial charge is 0.360 e. The van der Waals surface area contributed by atoms with Crippen molar-refractivity contribution >= 4 is 11.8 Å². The summed E-state index contributed by atoms with van der Waals surface area (Å²) >= 11 is 0. The van der Waals surface area contributed by atoms with Crippen LogP contribution in [0.15, 0.2) is 12.4 Å². The van der Waals surface area contributed by atoms with Crippen LogP contribution in [0.2, 0.25) is 0 Å². The Morgan fingerprint density at radius 2 is 1.92 bits per heavy atom. The Labute approximate surface area is 77.0 Å². The fourth-order valence-corrected chi connectivity index (χ4v) is 0.603. The van der Waals surface area contributed by atoms with Crippen molar-refractivity contribution in [1.82, 2.24) is 9.97 Å². The molecule has 0 atom stereocenters. The average molecular weight is 183 g/mol. The Morgan fingerprint density at radius 1 is 1.38 bits per heavy atom. The normalized spacial score (nSPS) is 8.23. The molecule has 0 aliphatic heterocycles. The maximum atomic E-state index is 10.8. The molecule has 72 valence electrons. The maximum Gasteiger partial charge on any atom is 0.360 e. The topological polar surface area (TPSA) is 78.1 Å². The summed E-state index contributed by atoms with van der Waals surface area (Å²) in [4.78, 5) is 18.2. The van der Waals surface area contributed by atoms with Gasteiger partial charge in [-0.15, -0.1) is 0 Å². The lowest BCUT2D eigenvalue weighted by Crippen LogP contribution is -2.09. The molecule has 0 radical (unpaired) electrons. The number of nitrogen functional groups attached to an aromatic ring is 1. The Kier molecular flexibility index (Phi) is 5.18. The van der Waals surface area contributed by atoms with Gasteiger partial charge in [0.25, 0.3) is 0 Å². The summed E-state index contributed by atoms with van der Waals surface area (Å²) in [7, 11) is 1.26. The van der Waals surface area contributed by atoms with Crippen molar-refractivity contribution in [2.75, 3.05) is 12.8 Å². The largest absolute Gasteiger partial charge is 0.464 e. The van der Waals surface area contributed by atoms with E-state index in [1.807, 2.05) is 13.8 Å². The lowest BCUT2D eigenvalue weighted by atomic mass is 10.4.